The first-order chi connectivity index (χ1) is 14.5. The number of ether oxygens (including phenoxy) is 1. The molecule has 0 fully saturated rings. The normalized spacial score (nSPS) is 10.2. The average molecular weight is 401 g/mol. The first-order valence-corrected chi connectivity index (χ1v) is 9.35. The van der Waals surface area contributed by atoms with Crippen molar-refractivity contribution in [3.8, 4) is 23.1 Å². The number of pyridine rings is 1. The largest absolute Gasteiger partial charge is 0.495 e. The lowest BCUT2D eigenvalue weighted by atomic mass is 10.0. The molecule has 1 amide bonds. The van der Waals surface area contributed by atoms with Gasteiger partial charge in [0.25, 0.3) is 5.91 Å². The predicted octanol–water partition coefficient (Wildman–Crippen LogP) is 3.80. The highest BCUT2D eigenvalue weighted by atomic mass is 16.5. The number of nitrogens with one attached hydrogen (secondary N) is 3. The Morgan fingerprint density at radius 1 is 1.20 bits per heavy atom. The molecule has 3 rings (SSSR count). The van der Waals surface area contributed by atoms with Crippen LogP contribution in [0.4, 0.5) is 11.4 Å². The van der Waals surface area contributed by atoms with Crippen LogP contribution >= 0.6 is 0 Å². The van der Waals surface area contributed by atoms with Crippen molar-refractivity contribution in [2.24, 2.45) is 0 Å². The summed E-state index contributed by atoms with van der Waals surface area (Å²) in [5.74, 6) is 0.404. The highest BCUT2D eigenvalue weighted by Crippen LogP contribution is 2.36. The Bertz CT molecular complexity index is 1160. The minimum Gasteiger partial charge on any atom is -0.495 e. The highest BCUT2D eigenvalue weighted by molar-refractivity contribution is 6.00. The molecule has 0 aliphatic rings. The van der Waals surface area contributed by atoms with Crippen molar-refractivity contribution in [3.63, 3.8) is 0 Å². The molecule has 0 aliphatic heterocycles. The van der Waals surface area contributed by atoms with Crippen LogP contribution in [0.2, 0.25) is 0 Å². The lowest BCUT2D eigenvalue weighted by Crippen LogP contribution is -2.19. The maximum atomic E-state index is 12.1. The zero-order chi connectivity index (χ0) is 21.7. The molecule has 0 aliphatic carbocycles. The SMILES string of the molecule is C=C(C#N)CNc1c(OC)ccc2ccc(-c3cc(NC)cc(C(=O)NC)n3)cc12. The number of amides is 1. The van der Waals surface area contributed by atoms with E-state index in [9.17, 15) is 4.79 Å². The van der Waals surface area contributed by atoms with E-state index in [1.165, 1.54) is 0 Å². The molecule has 0 spiro atoms. The molecule has 7 nitrogen and oxygen atoms in total. The third kappa shape index (κ3) is 4.18. The van der Waals surface area contributed by atoms with Crippen molar-refractivity contribution in [1.29, 1.82) is 5.26 Å². The Morgan fingerprint density at radius 2 is 1.97 bits per heavy atom. The van der Waals surface area contributed by atoms with E-state index in [-0.39, 0.29) is 5.91 Å². The first kappa shape index (κ1) is 20.7. The quantitative estimate of drug-likeness (QED) is 0.521. The van der Waals surface area contributed by atoms with Gasteiger partial charge in [-0.1, -0.05) is 24.8 Å². The zero-order valence-electron chi connectivity index (χ0n) is 17.2. The van der Waals surface area contributed by atoms with Crippen molar-refractivity contribution < 1.29 is 9.53 Å². The summed E-state index contributed by atoms with van der Waals surface area (Å²) in [5, 5.41) is 19.9. The number of hydrogen-bond acceptors (Lipinski definition) is 6. The molecule has 152 valence electrons. The fraction of sp³-hybridized carbons (Fsp3) is 0.174. The molecule has 0 saturated carbocycles. The van der Waals surface area contributed by atoms with Crippen LogP contribution in [-0.4, -0.2) is 38.6 Å². The van der Waals surface area contributed by atoms with Gasteiger partial charge in [0.15, 0.2) is 0 Å². The van der Waals surface area contributed by atoms with Crippen LogP contribution in [0.15, 0.2) is 54.6 Å². The number of anilines is 2. The molecule has 0 radical (unpaired) electrons. The summed E-state index contributed by atoms with van der Waals surface area (Å²) in [6.45, 7) is 4.03. The van der Waals surface area contributed by atoms with Gasteiger partial charge < -0.3 is 20.7 Å². The molecular formula is C23H23N5O2. The Labute approximate surface area is 175 Å². The van der Waals surface area contributed by atoms with Crippen molar-refractivity contribution in [1.82, 2.24) is 10.3 Å². The lowest BCUT2D eigenvalue weighted by Gasteiger charge is -2.15. The molecule has 7 heteroatoms. The number of fused-ring (bicyclic) bond motifs is 1. The molecule has 0 bridgehead atoms. The number of benzene rings is 2. The predicted molar refractivity (Wildman–Crippen MR) is 120 cm³/mol. The van der Waals surface area contributed by atoms with Gasteiger partial charge in [-0.3, -0.25) is 4.79 Å². The monoisotopic (exact) mass is 401 g/mol. The summed E-state index contributed by atoms with van der Waals surface area (Å²) in [6.07, 6.45) is 0. The topological polar surface area (TPSA) is 99.1 Å². The van der Waals surface area contributed by atoms with Gasteiger partial charge in [0, 0.05) is 42.9 Å². The Kier molecular flexibility index (Phi) is 6.18. The van der Waals surface area contributed by atoms with Crippen LogP contribution in [0.3, 0.4) is 0 Å². The molecule has 3 aromatic rings. The van der Waals surface area contributed by atoms with Gasteiger partial charge in [-0.15, -0.1) is 0 Å². The minimum absolute atomic E-state index is 0.256. The van der Waals surface area contributed by atoms with E-state index < -0.39 is 0 Å². The van der Waals surface area contributed by atoms with Crippen LogP contribution in [0.1, 0.15) is 10.5 Å². The second-order valence-electron chi connectivity index (χ2n) is 6.60. The van der Waals surface area contributed by atoms with Gasteiger partial charge >= 0.3 is 0 Å². The van der Waals surface area contributed by atoms with E-state index in [0.717, 1.165) is 27.7 Å². The highest BCUT2D eigenvalue weighted by Gasteiger charge is 2.13. The number of methoxy groups -OCH3 is 1. The molecule has 0 saturated heterocycles. The first-order valence-electron chi connectivity index (χ1n) is 9.35. The molecule has 30 heavy (non-hydrogen) atoms. The summed E-state index contributed by atoms with van der Waals surface area (Å²) >= 11 is 0. The Balaban J connectivity index is 2.15. The fourth-order valence-electron chi connectivity index (χ4n) is 3.11. The summed E-state index contributed by atoms with van der Waals surface area (Å²) in [6, 6.07) is 15.4. The van der Waals surface area contributed by atoms with Crippen LogP contribution in [-0.2, 0) is 0 Å². The minimum atomic E-state index is -0.256. The van der Waals surface area contributed by atoms with Crippen LogP contribution in [0, 0.1) is 11.3 Å². The van der Waals surface area contributed by atoms with Gasteiger partial charge in [-0.05, 0) is 29.7 Å². The number of aromatic nitrogens is 1. The summed E-state index contributed by atoms with van der Waals surface area (Å²) < 4.78 is 5.51. The van der Waals surface area contributed by atoms with Gasteiger partial charge in [-0.25, -0.2) is 4.98 Å². The Morgan fingerprint density at radius 3 is 2.63 bits per heavy atom. The van der Waals surface area contributed by atoms with Gasteiger partial charge in [0.1, 0.15) is 11.4 Å². The van der Waals surface area contributed by atoms with Gasteiger partial charge in [-0.2, -0.15) is 5.26 Å². The number of hydrogen-bond donors (Lipinski definition) is 3. The van der Waals surface area contributed by atoms with E-state index in [0.29, 0.717) is 29.3 Å². The molecule has 0 unspecified atom stereocenters. The number of nitriles is 1. The third-order valence-electron chi connectivity index (χ3n) is 4.71. The van der Waals surface area contributed by atoms with E-state index in [1.54, 1.807) is 27.3 Å². The summed E-state index contributed by atoms with van der Waals surface area (Å²) in [5.41, 5.74) is 3.81. The standard InChI is InChI=1S/C23H23N5O2/c1-14(12-24)13-27-22-18-9-16(6-5-15(18)7-8-21(22)30-4)19-10-17(25-2)11-20(28-19)23(29)26-3/h5-11,27H,1,13H2,2-4H3,(H,25,28)(H,26,29). The third-order valence-corrected chi connectivity index (χ3v) is 4.71. The fourth-order valence-corrected chi connectivity index (χ4v) is 3.11. The van der Waals surface area contributed by atoms with Gasteiger partial charge in [0.05, 0.1) is 24.6 Å². The molecule has 1 heterocycles. The van der Waals surface area contributed by atoms with Crippen LogP contribution < -0.4 is 20.7 Å². The van der Waals surface area contributed by atoms with Crippen molar-refractivity contribution in [3.05, 3.63) is 60.3 Å². The van der Waals surface area contributed by atoms with Crippen LogP contribution in [0.25, 0.3) is 22.0 Å². The number of rotatable bonds is 7. The lowest BCUT2D eigenvalue weighted by molar-refractivity contribution is 0.0958. The maximum absolute atomic E-state index is 12.1. The summed E-state index contributed by atoms with van der Waals surface area (Å²) in [4.78, 5) is 16.7. The van der Waals surface area contributed by atoms with E-state index in [2.05, 4.69) is 27.5 Å². The number of nitrogens with zero attached hydrogens (tertiary/aromatic N) is 2. The maximum Gasteiger partial charge on any atom is 0.269 e. The van der Waals surface area contributed by atoms with Crippen LogP contribution in [0.5, 0.6) is 5.75 Å². The van der Waals surface area contributed by atoms with E-state index >= 15 is 0 Å². The van der Waals surface area contributed by atoms with Crippen molar-refractivity contribution in [2.75, 3.05) is 38.4 Å². The molecule has 1 aromatic heterocycles. The van der Waals surface area contributed by atoms with Crippen molar-refractivity contribution >= 4 is 28.1 Å². The van der Waals surface area contributed by atoms with Gasteiger partial charge in [0.2, 0.25) is 0 Å². The van der Waals surface area contributed by atoms with E-state index in [1.807, 2.05) is 42.5 Å². The molecular weight excluding hydrogens is 378 g/mol. The zero-order valence-corrected chi connectivity index (χ0v) is 17.2. The smallest absolute Gasteiger partial charge is 0.269 e. The Hall–Kier alpha value is -4.05. The number of carbonyl (C=O) groups is 1. The second-order valence-corrected chi connectivity index (χ2v) is 6.60. The second kappa shape index (κ2) is 8.97. The molecule has 2 aromatic carbocycles. The van der Waals surface area contributed by atoms with Crippen molar-refractivity contribution in [2.45, 2.75) is 0 Å². The molecule has 0 atom stereocenters. The summed E-state index contributed by atoms with van der Waals surface area (Å²) in [7, 11) is 4.97. The molecule has 3 N–H and O–H groups in total. The number of carbonyl (C=O) groups excluding carboxylic acids is 1. The van der Waals surface area contributed by atoms with E-state index in [4.69, 9.17) is 10.00 Å². The average Bonchev–Trinajstić information content (AvgIpc) is 2.80.